The number of hydrogen-bond acceptors (Lipinski definition) is 6. The molecule has 0 radical (unpaired) electrons. The van der Waals surface area contributed by atoms with Gasteiger partial charge in [-0.25, -0.2) is 14.6 Å². The number of anilines is 1. The summed E-state index contributed by atoms with van der Waals surface area (Å²) >= 11 is 12.0. The van der Waals surface area contributed by atoms with Crippen molar-refractivity contribution in [3.8, 4) is 0 Å². The van der Waals surface area contributed by atoms with E-state index in [2.05, 4.69) is 14.5 Å². The molecule has 2 aromatic rings. The molecule has 21 heavy (non-hydrogen) atoms. The molecule has 0 unspecified atom stereocenters. The molecule has 0 saturated heterocycles. The lowest BCUT2D eigenvalue weighted by Gasteiger charge is -2.11. The van der Waals surface area contributed by atoms with Crippen LogP contribution in [0.25, 0.3) is 10.9 Å². The van der Waals surface area contributed by atoms with Crippen LogP contribution in [0.3, 0.4) is 0 Å². The Bertz CT molecular complexity index is 762. The van der Waals surface area contributed by atoms with Crippen molar-refractivity contribution >= 4 is 51.7 Å². The van der Waals surface area contributed by atoms with Crippen LogP contribution in [0.5, 0.6) is 0 Å². The summed E-state index contributed by atoms with van der Waals surface area (Å²) in [5.41, 5.74) is 6.12. The molecule has 0 aliphatic rings. The van der Waals surface area contributed by atoms with Crippen molar-refractivity contribution in [3.63, 3.8) is 0 Å². The Morgan fingerprint density at radius 2 is 1.71 bits per heavy atom. The number of esters is 2. The van der Waals surface area contributed by atoms with E-state index in [0.717, 1.165) is 0 Å². The van der Waals surface area contributed by atoms with Gasteiger partial charge in [0.2, 0.25) is 0 Å². The van der Waals surface area contributed by atoms with E-state index >= 15 is 0 Å². The highest BCUT2D eigenvalue weighted by Gasteiger charge is 2.22. The van der Waals surface area contributed by atoms with E-state index < -0.39 is 11.9 Å². The third-order valence-electron chi connectivity index (χ3n) is 2.83. The first kappa shape index (κ1) is 15.3. The number of rotatable bonds is 2. The summed E-state index contributed by atoms with van der Waals surface area (Å²) in [5.74, 6) is -1.41. The SMILES string of the molecule is COC(=O)c1cc(C(=O)OC)c2c(N)c(Cl)cc(Cl)c2n1. The number of benzene rings is 1. The normalized spacial score (nSPS) is 10.5. The molecule has 2 N–H and O–H groups in total. The van der Waals surface area contributed by atoms with Gasteiger partial charge in [-0.2, -0.15) is 0 Å². The van der Waals surface area contributed by atoms with Crippen LogP contribution in [0.4, 0.5) is 5.69 Å². The standard InChI is InChI=1S/C13H10Cl2N2O4/c1-20-12(18)5-3-8(13(19)21-2)17-11-7(15)4-6(14)10(16)9(5)11/h3-4H,16H2,1-2H3. The van der Waals surface area contributed by atoms with Crippen LogP contribution in [0.15, 0.2) is 12.1 Å². The van der Waals surface area contributed by atoms with Crippen LogP contribution in [-0.4, -0.2) is 31.1 Å². The largest absolute Gasteiger partial charge is 0.465 e. The Hall–Kier alpha value is -2.05. The molecule has 110 valence electrons. The second-order valence-electron chi connectivity index (χ2n) is 4.02. The molecule has 2 rings (SSSR count). The molecule has 0 spiro atoms. The topological polar surface area (TPSA) is 91.5 Å². The second-order valence-corrected chi connectivity index (χ2v) is 4.83. The number of nitrogens with zero attached hydrogens (tertiary/aromatic N) is 1. The fraction of sp³-hybridized carbons (Fsp3) is 0.154. The van der Waals surface area contributed by atoms with Crippen molar-refractivity contribution < 1.29 is 19.1 Å². The summed E-state index contributed by atoms with van der Waals surface area (Å²) < 4.78 is 9.28. The fourth-order valence-electron chi connectivity index (χ4n) is 1.85. The molecule has 0 atom stereocenters. The first-order valence-electron chi connectivity index (χ1n) is 5.65. The molecule has 0 fully saturated rings. The Morgan fingerprint density at radius 1 is 1.10 bits per heavy atom. The first-order chi connectivity index (χ1) is 9.90. The molecule has 8 heteroatoms. The van der Waals surface area contributed by atoms with Crippen LogP contribution in [-0.2, 0) is 9.47 Å². The second kappa shape index (κ2) is 5.75. The zero-order valence-electron chi connectivity index (χ0n) is 11.1. The third kappa shape index (κ3) is 2.59. The summed E-state index contributed by atoms with van der Waals surface area (Å²) in [7, 11) is 2.40. The zero-order valence-corrected chi connectivity index (χ0v) is 12.6. The van der Waals surface area contributed by atoms with Crippen molar-refractivity contribution in [2.45, 2.75) is 0 Å². The average molecular weight is 329 g/mol. The molecule has 6 nitrogen and oxygen atoms in total. The molecular weight excluding hydrogens is 319 g/mol. The predicted molar refractivity (Wildman–Crippen MR) is 78.9 cm³/mol. The maximum Gasteiger partial charge on any atom is 0.356 e. The van der Waals surface area contributed by atoms with Crippen LogP contribution in [0.1, 0.15) is 20.8 Å². The van der Waals surface area contributed by atoms with Crippen LogP contribution in [0.2, 0.25) is 10.0 Å². The van der Waals surface area contributed by atoms with E-state index in [0.29, 0.717) is 0 Å². The Morgan fingerprint density at radius 3 is 2.29 bits per heavy atom. The van der Waals surface area contributed by atoms with E-state index in [4.69, 9.17) is 28.9 Å². The number of nitrogens with two attached hydrogens (primary N) is 1. The number of hydrogen-bond donors (Lipinski definition) is 1. The van der Waals surface area contributed by atoms with Gasteiger partial charge >= 0.3 is 11.9 Å². The lowest BCUT2D eigenvalue weighted by molar-refractivity contribution is 0.0594. The van der Waals surface area contributed by atoms with Crippen molar-refractivity contribution in [1.29, 1.82) is 0 Å². The molecule has 0 aliphatic carbocycles. The van der Waals surface area contributed by atoms with Crippen molar-refractivity contribution in [3.05, 3.63) is 33.4 Å². The van der Waals surface area contributed by atoms with Crippen molar-refractivity contribution in [2.75, 3.05) is 20.0 Å². The lowest BCUT2D eigenvalue weighted by Crippen LogP contribution is -2.11. The number of carbonyl (C=O) groups is 2. The maximum atomic E-state index is 11.9. The Balaban J connectivity index is 2.94. The number of nitrogen functional groups attached to an aromatic ring is 1. The average Bonchev–Trinajstić information content (AvgIpc) is 2.49. The van der Waals surface area contributed by atoms with Crippen LogP contribution < -0.4 is 5.73 Å². The van der Waals surface area contributed by atoms with Gasteiger partial charge in [0.1, 0.15) is 5.69 Å². The number of aromatic nitrogens is 1. The molecule has 1 aromatic carbocycles. The van der Waals surface area contributed by atoms with Gasteiger partial charge in [0.25, 0.3) is 0 Å². The fourth-order valence-corrected chi connectivity index (χ4v) is 2.35. The predicted octanol–water partition coefficient (Wildman–Crippen LogP) is 2.70. The third-order valence-corrected chi connectivity index (χ3v) is 3.43. The minimum Gasteiger partial charge on any atom is -0.465 e. The molecule has 0 aliphatic heterocycles. The van der Waals surface area contributed by atoms with Gasteiger partial charge < -0.3 is 15.2 Å². The highest BCUT2D eigenvalue weighted by molar-refractivity contribution is 6.41. The Kier molecular flexibility index (Phi) is 4.20. The smallest absolute Gasteiger partial charge is 0.356 e. The molecule has 0 saturated carbocycles. The van der Waals surface area contributed by atoms with E-state index in [-0.39, 0.29) is 37.9 Å². The number of pyridine rings is 1. The maximum absolute atomic E-state index is 11.9. The molecule has 1 aromatic heterocycles. The summed E-state index contributed by atoms with van der Waals surface area (Å²) in [6.07, 6.45) is 0. The van der Waals surface area contributed by atoms with E-state index in [9.17, 15) is 9.59 Å². The van der Waals surface area contributed by atoms with Gasteiger partial charge in [-0.3, -0.25) is 0 Å². The van der Waals surface area contributed by atoms with Crippen LogP contribution >= 0.6 is 23.2 Å². The Labute approximate surface area is 129 Å². The molecule has 1 heterocycles. The number of ether oxygens (including phenoxy) is 2. The molecule has 0 amide bonds. The van der Waals surface area contributed by atoms with Crippen molar-refractivity contribution in [2.24, 2.45) is 0 Å². The lowest BCUT2D eigenvalue weighted by atomic mass is 10.1. The summed E-state index contributed by atoms with van der Waals surface area (Å²) in [4.78, 5) is 27.6. The highest BCUT2D eigenvalue weighted by Crippen LogP contribution is 2.36. The summed E-state index contributed by atoms with van der Waals surface area (Å²) in [5, 5.41) is 0.553. The van der Waals surface area contributed by atoms with E-state index in [1.165, 1.54) is 26.4 Å². The number of methoxy groups -OCH3 is 2. The van der Waals surface area contributed by atoms with Gasteiger partial charge in [0.05, 0.1) is 41.0 Å². The van der Waals surface area contributed by atoms with Gasteiger partial charge in [-0.15, -0.1) is 0 Å². The molecule has 0 bridgehead atoms. The zero-order chi connectivity index (χ0) is 15.7. The molecular formula is C13H10Cl2N2O4. The number of halogens is 2. The van der Waals surface area contributed by atoms with E-state index in [1.54, 1.807) is 0 Å². The van der Waals surface area contributed by atoms with E-state index in [1.807, 2.05) is 0 Å². The van der Waals surface area contributed by atoms with Crippen LogP contribution in [0, 0.1) is 0 Å². The van der Waals surface area contributed by atoms with Crippen molar-refractivity contribution in [1.82, 2.24) is 4.98 Å². The summed E-state index contributed by atoms with van der Waals surface area (Å²) in [6.45, 7) is 0. The minimum atomic E-state index is -0.716. The monoisotopic (exact) mass is 328 g/mol. The summed E-state index contributed by atoms with van der Waals surface area (Å²) in [6, 6.07) is 2.61. The number of fused-ring (bicyclic) bond motifs is 1. The van der Waals surface area contributed by atoms with Gasteiger partial charge in [-0.05, 0) is 12.1 Å². The number of carbonyl (C=O) groups excluding carboxylic acids is 2. The quantitative estimate of drug-likeness (QED) is 0.673. The van der Waals surface area contributed by atoms with Gasteiger partial charge in [0, 0.05) is 5.39 Å². The first-order valence-corrected chi connectivity index (χ1v) is 6.41. The highest BCUT2D eigenvalue weighted by atomic mass is 35.5. The van der Waals surface area contributed by atoms with Gasteiger partial charge in [-0.1, -0.05) is 23.2 Å². The minimum absolute atomic E-state index is 0.0322. The van der Waals surface area contributed by atoms with Gasteiger partial charge in [0.15, 0.2) is 0 Å².